The second-order valence-electron chi connectivity index (χ2n) is 10.7. The van der Waals surface area contributed by atoms with Crippen molar-refractivity contribution in [3.8, 4) is 5.75 Å². The highest BCUT2D eigenvalue weighted by molar-refractivity contribution is 5.83. The molecule has 1 amide bonds. The van der Waals surface area contributed by atoms with Gasteiger partial charge in [-0.15, -0.1) is 0 Å². The topological polar surface area (TPSA) is 32.8 Å². The maximum Gasteiger partial charge on any atom is 0.241 e. The summed E-state index contributed by atoms with van der Waals surface area (Å²) in [4.78, 5) is 19.1. The first-order valence-corrected chi connectivity index (χ1v) is 14.6. The van der Waals surface area contributed by atoms with Crippen molar-refractivity contribution in [2.24, 2.45) is 0 Å². The van der Waals surface area contributed by atoms with Gasteiger partial charge >= 0.3 is 0 Å². The quantitative estimate of drug-likeness (QED) is 0.226. The van der Waals surface area contributed by atoms with Gasteiger partial charge in [0.05, 0.1) is 19.2 Å². The van der Waals surface area contributed by atoms with E-state index in [1.165, 1.54) is 43.4 Å². The van der Waals surface area contributed by atoms with E-state index in [0.717, 1.165) is 49.2 Å². The van der Waals surface area contributed by atoms with Crippen LogP contribution in [0.5, 0.6) is 5.75 Å². The summed E-state index contributed by atoms with van der Waals surface area (Å²) in [6.07, 6.45) is 8.61. The fourth-order valence-corrected chi connectivity index (χ4v) is 5.69. The van der Waals surface area contributed by atoms with Gasteiger partial charge in [-0.05, 0) is 79.7 Å². The molecule has 0 unspecified atom stereocenters. The molecule has 0 radical (unpaired) electrons. The van der Waals surface area contributed by atoms with Crippen LogP contribution in [0.4, 0.5) is 4.39 Å². The zero-order valence-corrected chi connectivity index (χ0v) is 23.5. The monoisotopic (exact) mass is 530 g/mol. The van der Waals surface area contributed by atoms with Crippen LogP contribution in [0.1, 0.15) is 74.6 Å². The molecule has 0 N–H and O–H groups in total. The van der Waals surface area contributed by atoms with E-state index in [1.54, 1.807) is 19.2 Å². The number of benzene rings is 3. The molecule has 0 aromatic heterocycles. The van der Waals surface area contributed by atoms with Gasteiger partial charge in [0.15, 0.2) is 0 Å². The fourth-order valence-electron chi connectivity index (χ4n) is 5.69. The van der Waals surface area contributed by atoms with E-state index in [-0.39, 0.29) is 23.8 Å². The Labute approximate surface area is 233 Å². The van der Waals surface area contributed by atoms with Crippen molar-refractivity contribution in [3.05, 3.63) is 101 Å². The van der Waals surface area contributed by atoms with Crippen LogP contribution in [0.25, 0.3) is 0 Å². The molecule has 0 bridgehead atoms. The summed E-state index contributed by atoms with van der Waals surface area (Å²) in [5.74, 6) is 0.690. The van der Waals surface area contributed by atoms with Crippen molar-refractivity contribution in [1.82, 2.24) is 9.80 Å². The van der Waals surface area contributed by atoms with Crippen molar-refractivity contribution < 1.29 is 13.9 Å². The van der Waals surface area contributed by atoms with Crippen LogP contribution in [0, 0.1) is 5.82 Å². The van der Waals surface area contributed by atoms with Crippen LogP contribution in [0.15, 0.2) is 78.9 Å². The molecule has 1 aliphatic rings. The van der Waals surface area contributed by atoms with Crippen molar-refractivity contribution in [2.45, 2.75) is 76.9 Å². The summed E-state index contributed by atoms with van der Waals surface area (Å²) in [6, 6.07) is 24.7. The number of halogens is 1. The lowest BCUT2D eigenvalue weighted by Crippen LogP contribution is -2.52. The van der Waals surface area contributed by atoms with E-state index in [4.69, 9.17) is 4.74 Å². The van der Waals surface area contributed by atoms with E-state index in [2.05, 4.69) is 36.1 Å². The van der Waals surface area contributed by atoms with Gasteiger partial charge in [-0.3, -0.25) is 9.69 Å². The second kappa shape index (κ2) is 14.8. The summed E-state index contributed by atoms with van der Waals surface area (Å²) >= 11 is 0. The van der Waals surface area contributed by atoms with Crippen molar-refractivity contribution in [2.75, 3.05) is 20.2 Å². The minimum absolute atomic E-state index is 0.0570. The minimum Gasteiger partial charge on any atom is -0.497 e. The summed E-state index contributed by atoms with van der Waals surface area (Å²) in [7, 11) is 1.67. The van der Waals surface area contributed by atoms with Crippen LogP contribution in [-0.4, -0.2) is 41.9 Å². The molecule has 4 rings (SSSR count). The smallest absolute Gasteiger partial charge is 0.241 e. The molecule has 1 heterocycles. The Morgan fingerprint density at radius 2 is 1.59 bits per heavy atom. The van der Waals surface area contributed by atoms with Gasteiger partial charge in [-0.2, -0.15) is 0 Å². The Balaban J connectivity index is 1.66. The van der Waals surface area contributed by atoms with Gasteiger partial charge in [-0.25, -0.2) is 4.39 Å². The Morgan fingerprint density at radius 1 is 0.872 bits per heavy atom. The van der Waals surface area contributed by atoms with Gasteiger partial charge in [0.25, 0.3) is 0 Å². The molecule has 0 spiro atoms. The van der Waals surface area contributed by atoms with Gasteiger partial charge in [-0.1, -0.05) is 87.2 Å². The molecule has 1 aliphatic heterocycles. The average Bonchev–Trinajstić information content (AvgIpc) is 2.97. The molecule has 1 saturated heterocycles. The molecule has 39 heavy (non-hydrogen) atoms. The van der Waals surface area contributed by atoms with Crippen molar-refractivity contribution in [1.29, 1.82) is 0 Å². The summed E-state index contributed by atoms with van der Waals surface area (Å²) in [5, 5.41) is 0. The molecule has 2 atom stereocenters. The first-order chi connectivity index (χ1) is 19.1. The number of ether oxygens (including phenoxy) is 1. The van der Waals surface area contributed by atoms with E-state index < -0.39 is 0 Å². The predicted octanol–water partition coefficient (Wildman–Crippen LogP) is 7.58. The van der Waals surface area contributed by atoms with Gasteiger partial charge < -0.3 is 9.64 Å². The van der Waals surface area contributed by atoms with Crippen molar-refractivity contribution in [3.63, 3.8) is 0 Å². The van der Waals surface area contributed by atoms with Crippen LogP contribution >= 0.6 is 0 Å². The third-order valence-corrected chi connectivity index (χ3v) is 7.90. The summed E-state index contributed by atoms with van der Waals surface area (Å²) < 4.78 is 19.1. The number of amides is 1. The Kier molecular flexibility index (Phi) is 11.0. The molecule has 3 aromatic carbocycles. The standard InChI is InChI=1S/C34H43FN2O2/c1-3-4-5-6-10-23-36-24-11-14-32(29-17-21-31(39-2)22-18-29)37(26-28-15-19-30(35)20-16-28)34(38)33(36)25-27-12-8-7-9-13-27/h7-9,12-13,15-22,32-33H,3-6,10-11,14,23-26H2,1-2H3/t32-,33-/m1/s1. The minimum atomic E-state index is -0.263. The number of carbonyl (C=O) groups is 1. The lowest BCUT2D eigenvalue weighted by molar-refractivity contribution is -0.142. The number of methoxy groups -OCH3 is 1. The van der Waals surface area contributed by atoms with Gasteiger partial charge in [0.1, 0.15) is 11.6 Å². The van der Waals surface area contributed by atoms with Gasteiger partial charge in [0, 0.05) is 6.54 Å². The van der Waals surface area contributed by atoms with Crippen LogP contribution in [0.3, 0.4) is 0 Å². The van der Waals surface area contributed by atoms with Crippen LogP contribution < -0.4 is 4.74 Å². The van der Waals surface area contributed by atoms with E-state index in [0.29, 0.717) is 13.0 Å². The number of nitrogens with zero attached hydrogens (tertiary/aromatic N) is 2. The van der Waals surface area contributed by atoms with E-state index >= 15 is 0 Å². The molecule has 3 aromatic rings. The lowest BCUT2D eigenvalue weighted by atomic mass is 9.93. The molecule has 4 nitrogen and oxygen atoms in total. The molecule has 1 fully saturated rings. The molecular weight excluding hydrogens is 487 g/mol. The Hall–Kier alpha value is -3.18. The maximum atomic E-state index is 14.6. The molecule has 0 saturated carbocycles. The van der Waals surface area contributed by atoms with E-state index in [9.17, 15) is 9.18 Å². The normalized spacial score (nSPS) is 18.5. The van der Waals surface area contributed by atoms with Gasteiger partial charge in [0.2, 0.25) is 5.91 Å². The molecular formula is C34H43FN2O2. The van der Waals surface area contributed by atoms with Crippen LogP contribution in [-0.2, 0) is 17.8 Å². The molecule has 208 valence electrons. The third kappa shape index (κ3) is 8.15. The zero-order valence-electron chi connectivity index (χ0n) is 23.5. The second-order valence-corrected chi connectivity index (χ2v) is 10.7. The third-order valence-electron chi connectivity index (χ3n) is 7.90. The highest BCUT2D eigenvalue weighted by Crippen LogP contribution is 2.33. The number of hydrogen-bond donors (Lipinski definition) is 0. The Bertz CT molecular complexity index is 1130. The first-order valence-electron chi connectivity index (χ1n) is 14.6. The highest BCUT2D eigenvalue weighted by Gasteiger charge is 2.36. The predicted molar refractivity (Wildman–Crippen MR) is 156 cm³/mol. The number of carbonyl (C=O) groups excluding carboxylic acids is 1. The number of unbranched alkanes of at least 4 members (excludes halogenated alkanes) is 4. The summed E-state index contributed by atoms with van der Waals surface area (Å²) in [6.45, 7) is 4.53. The SMILES string of the molecule is CCCCCCCN1CCC[C@H](c2ccc(OC)cc2)N(Cc2ccc(F)cc2)C(=O)[C@H]1Cc1ccccc1. The van der Waals surface area contributed by atoms with E-state index in [1.807, 2.05) is 35.2 Å². The average molecular weight is 531 g/mol. The van der Waals surface area contributed by atoms with Crippen molar-refractivity contribution >= 4 is 5.91 Å². The van der Waals surface area contributed by atoms with Crippen LogP contribution in [0.2, 0.25) is 0 Å². The number of hydrogen-bond acceptors (Lipinski definition) is 3. The largest absolute Gasteiger partial charge is 0.497 e. The zero-order chi connectivity index (χ0) is 27.5. The molecule has 5 heteroatoms. The number of rotatable bonds is 12. The summed E-state index contributed by atoms with van der Waals surface area (Å²) in [5.41, 5.74) is 3.22. The fraction of sp³-hybridized carbons (Fsp3) is 0.441. The maximum absolute atomic E-state index is 14.6. The lowest BCUT2D eigenvalue weighted by Gasteiger charge is -2.42. The Morgan fingerprint density at radius 3 is 2.28 bits per heavy atom. The molecule has 0 aliphatic carbocycles. The highest BCUT2D eigenvalue weighted by atomic mass is 19.1. The first kappa shape index (κ1) is 28.8.